The van der Waals surface area contributed by atoms with Crippen LogP contribution in [0.2, 0.25) is 0 Å². The van der Waals surface area contributed by atoms with E-state index in [0.717, 1.165) is 28.8 Å². The number of thiocarbonyl (C=S) groups is 1. The number of amides is 3. The third-order valence-electron chi connectivity index (χ3n) is 4.51. The molecule has 3 rings (SSSR count). The molecule has 34 heavy (non-hydrogen) atoms. The van der Waals surface area contributed by atoms with Gasteiger partial charge in [0.25, 0.3) is 5.91 Å². The molecule has 1 aliphatic rings. The number of nitrogens with one attached hydrogen (secondary N) is 2. The fourth-order valence-corrected chi connectivity index (χ4v) is 5.00. The monoisotopic (exact) mass is 525 g/mol. The van der Waals surface area contributed by atoms with E-state index in [-0.39, 0.29) is 9.23 Å². The molecular formula is C21H17F2N3O5S3. The predicted octanol–water partition coefficient (Wildman–Crippen LogP) is 2.60. The molecule has 1 aliphatic heterocycles. The van der Waals surface area contributed by atoms with Crippen LogP contribution in [0.15, 0.2) is 34.6 Å². The topological polar surface area (TPSA) is 116 Å². The largest absolute Gasteiger partial charge is 0.480 e. The Labute approximate surface area is 206 Å². The van der Waals surface area contributed by atoms with Crippen LogP contribution in [0.4, 0.5) is 8.78 Å². The average Bonchev–Trinajstić information content (AvgIpc) is 3.34. The van der Waals surface area contributed by atoms with E-state index in [1.807, 2.05) is 0 Å². The summed E-state index contributed by atoms with van der Waals surface area (Å²) < 4.78 is 26.8. The van der Waals surface area contributed by atoms with Crippen LogP contribution in [0, 0.1) is 11.6 Å². The van der Waals surface area contributed by atoms with E-state index in [2.05, 4.69) is 10.6 Å². The van der Waals surface area contributed by atoms with Gasteiger partial charge in [0.15, 0.2) is 11.6 Å². The number of carboxylic acids is 1. The minimum Gasteiger partial charge on any atom is -0.480 e. The first-order chi connectivity index (χ1) is 16.0. The molecule has 8 nitrogen and oxygen atoms in total. The quantitative estimate of drug-likeness (QED) is 0.358. The Hall–Kier alpha value is -3.16. The van der Waals surface area contributed by atoms with Crippen molar-refractivity contribution >= 4 is 69.4 Å². The van der Waals surface area contributed by atoms with Crippen LogP contribution in [0.25, 0.3) is 17.2 Å². The third kappa shape index (κ3) is 6.24. The highest BCUT2D eigenvalue weighted by Crippen LogP contribution is 2.35. The van der Waals surface area contributed by atoms with Gasteiger partial charge in [-0.3, -0.25) is 24.1 Å². The number of hydrogen-bond donors (Lipinski definition) is 3. The van der Waals surface area contributed by atoms with Gasteiger partial charge in [-0.1, -0.05) is 30.0 Å². The number of halogens is 2. The zero-order chi connectivity index (χ0) is 25.0. The van der Waals surface area contributed by atoms with Crippen molar-refractivity contribution in [2.24, 2.45) is 0 Å². The van der Waals surface area contributed by atoms with Crippen LogP contribution in [-0.4, -0.2) is 57.1 Å². The van der Waals surface area contributed by atoms with Crippen molar-refractivity contribution in [2.75, 3.05) is 13.1 Å². The van der Waals surface area contributed by atoms with Gasteiger partial charge in [0.1, 0.15) is 23.5 Å². The molecule has 13 heteroatoms. The van der Waals surface area contributed by atoms with Crippen molar-refractivity contribution in [1.82, 2.24) is 15.5 Å². The summed E-state index contributed by atoms with van der Waals surface area (Å²) in [4.78, 5) is 49.4. The molecule has 0 spiro atoms. The molecule has 1 fully saturated rings. The predicted molar refractivity (Wildman–Crippen MR) is 128 cm³/mol. The Balaban J connectivity index is 1.63. The smallest absolute Gasteiger partial charge is 0.322 e. The summed E-state index contributed by atoms with van der Waals surface area (Å²) in [5.74, 6) is -4.95. The van der Waals surface area contributed by atoms with Crippen molar-refractivity contribution in [2.45, 2.75) is 13.0 Å². The van der Waals surface area contributed by atoms with Gasteiger partial charge < -0.3 is 15.7 Å². The second-order valence-electron chi connectivity index (χ2n) is 7.04. The number of carbonyl (C=O) groups is 4. The normalized spacial score (nSPS) is 15.5. The first-order valence-electron chi connectivity index (χ1n) is 9.63. The Bertz CT molecular complexity index is 1210. The molecular weight excluding hydrogens is 508 g/mol. The van der Waals surface area contributed by atoms with Crippen molar-refractivity contribution in [3.63, 3.8) is 0 Å². The number of aliphatic carboxylic acids is 1. The van der Waals surface area contributed by atoms with Crippen LogP contribution in [-0.2, 0) is 19.2 Å². The molecule has 1 aromatic carbocycles. The van der Waals surface area contributed by atoms with Gasteiger partial charge >= 0.3 is 5.97 Å². The summed E-state index contributed by atoms with van der Waals surface area (Å²) in [7, 11) is 0. The average molecular weight is 526 g/mol. The number of hydrogen-bond acceptors (Lipinski definition) is 7. The molecule has 0 bridgehead atoms. The Kier molecular flexibility index (Phi) is 8.12. The Morgan fingerprint density at radius 1 is 1.21 bits per heavy atom. The van der Waals surface area contributed by atoms with E-state index < -0.39 is 54.5 Å². The van der Waals surface area contributed by atoms with Crippen LogP contribution >= 0.6 is 35.3 Å². The fourth-order valence-electron chi connectivity index (χ4n) is 2.83. The molecule has 1 atom stereocenters. The van der Waals surface area contributed by atoms with E-state index in [1.165, 1.54) is 24.3 Å². The van der Waals surface area contributed by atoms with Crippen molar-refractivity contribution < 1.29 is 33.1 Å². The SMILES string of the molecule is C[C@H](NC(=O)CN1C(=O)C(=Cc2cc(-c3ccc(F)c(F)c3)cs2)SC1=S)C(=O)NCC(=O)O. The standard InChI is InChI=1S/C21H17F2N3O5S3/c1-10(19(30)24-7-18(28)29)25-17(27)8-26-20(31)16(34-21(26)32)6-13-4-12(9-33-13)11-2-3-14(22)15(23)5-11/h2-6,9-10H,7-8H2,1H3,(H,24,30)(H,25,27)(H,28,29)/t10-/m0/s1. The molecule has 0 saturated carbocycles. The summed E-state index contributed by atoms with van der Waals surface area (Å²) in [5, 5.41) is 14.9. The number of thiophene rings is 1. The second-order valence-corrected chi connectivity index (χ2v) is 9.65. The maximum Gasteiger partial charge on any atom is 0.322 e. The van der Waals surface area contributed by atoms with Gasteiger partial charge in [-0.25, -0.2) is 8.78 Å². The van der Waals surface area contributed by atoms with Crippen LogP contribution < -0.4 is 10.6 Å². The van der Waals surface area contributed by atoms with E-state index in [4.69, 9.17) is 17.3 Å². The molecule has 2 aromatic rings. The van der Waals surface area contributed by atoms with Gasteiger partial charge in [0.2, 0.25) is 11.8 Å². The lowest BCUT2D eigenvalue weighted by molar-refractivity contribution is -0.138. The van der Waals surface area contributed by atoms with E-state index in [9.17, 15) is 28.0 Å². The zero-order valence-electron chi connectivity index (χ0n) is 17.5. The number of carboxylic acid groups (broad SMARTS) is 1. The minimum atomic E-state index is -1.22. The maximum atomic E-state index is 13.5. The van der Waals surface area contributed by atoms with Crippen LogP contribution in [0.3, 0.4) is 0 Å². The van der Waals surface area contributed by atoms with Gasteiger partial charge in [-0.05, 0) is 47.7 Å². The maximum absolute atomic E-state index is 13.5. The minimum absolute atomic E-state index is 0.159. The van der Waals surface area contributed by atoms with E-state index in [1.54, 1.807) is 17.5 Å². The molecule has 1 aromatic heterocycles. The van der Waals surface area contributed by atoms with Gasteiger partial charge in [-0.15, -0.1) is 11.3 Å². The van der Waals surface area contributed by atoms with Gasteiger partial charge in [-0.2, -0.15) is 0 Å². The highest BCUT2D eigenvalue weighted by Gasteiger charge is 2.34. The van der Waals surface area contributed by atoms with E-state index in [0.29, 0.717) is 16.0 Å². The van der Waals surface area contributed by atoms with Crippen LogP contribution in [0.1, 0.15) is 11.8 Å². The van der Waals surface area contributed by atoms with Gasteiger partial charge in [0.05, 0.1) is 4.91 Å². The van der Waals surface area contributed by atoms with Crippen molar-refractivity contribution in [3.05, 3.63) is 51.1 Å². The van der Waals surface area contributed by atoms with Crippen molar-refractivity contribution in [1.29, 1.82) is 0 Å². The molecule has 0 radical (unpaired) electrons. The first-order valence-corrected chi connectivity index (χ1v) is 11.7. The van der Waals surface area contributed by atoms with Gasteiger partial charge in [0, 0.05) is 4.88 Å². The first kappa shape index (κ1) is 25.5. The molecule has 0 aliphatic carbocycles. The summed E-state index contributed by atoms with van der Waals surface area (Å²) in [6.07, 6.45) is 1.59. The number of rotatable bonds is 8. The number of thioether (sulfide) groups is 1. The highest BCUT2D eigenvalue weighted by molar-refractivity contribution is 8.26. The van der Waals surface area contributed by atoms with E-state index >= 15 is 0 Å². The lowest BCUT2D eigenvalue weighted by Gasteiger charge is -2.17. The lowest BCUT2D eigenvalue weighted by Crippen LogP contribution is -2.49. The summed E-state index contributed by atoms with van der Waals surface area (Å²) in [5.41, 5.74) is 1.14. The van der Waals surface area contributed by atoms with Crippen molar-refractivity contribution in [3.8, 4) is 11.1 Å². The third-order valence-corrected chi connectivity index (χ3v) is 6.76. The molecule has 2 heterocycles. The molecule has 3 amide bonds. The summed E-state index contributed by atoms with van der Waals surface area (Å²) in [6.45, 7) is 0.378. The van der Waals surface area contributed by atoms with Crippen LogP contribution in [0.5, 0.6) is 0 Å². The highest BCUT2D eigenvalue weighted by atomic mass is 32.2. The summed E-state index contributed by atoms with van der Waals surface area (Å²) in [6, 6.07) is 4.28. The zero-order valence-corrected chi connectivity index (χ0v) is 19.9. The number of carbonyl (C=O) groups excluding carboxylic acids is 3. The number of nitrogens with zero attached hydrogens (tertiary/aromatic N) is 1. The molecule has 3 N–H and O–H groups in total. The Morgan fingerprint density at radius 3 is 2.62 bits per heavy atom. The Morgan fingerprint density at radius 2 is 1.94 bits per heavy atom. The fraction of sp³-hybridized carbons (Fsp3) is 0.190. The number of benzene rings is 1. The second kappa shape index (κ2) is 10.8. The molecule has 1 saturated heterocycles. The lowest BCUT2D eigenvalue weighted by atomic mass is 10.1. The molecule has 178 valence electrons. The molecule has 0 unspecified atom stereocenters. The summed E-state index contributed by atoms with van der Waals surface area (Å²) >= 11 is 7.50.